The third-order valence-corrected chi connectivity index (χ3v) is 18.2. The van der Waals surface area contributed by atoms with Crippen LogP contribution in [-0.2, 0) is 10.8 Å². The van der Waals surface area contributed by atoms with Crippen molar-refractivity contribution in [2.45, 2.75) is 204 Å². The normalized spacial score (nSPS) is 17.9. The molecule has 2 heteroatoms. The van der Waals surface area contributed by atoms with Gasteiger partial charge in [0.1, 0.15) is 0 Å². The first-order valence-electron chi connectivity index (χ1n) is 29.5. The van der Waals surface area contributed by atoms with Crippen molar-refractivity contribution in [1.82, 2.24) is 9.97 Å². The van der Waals surface area contributed by atoms with Crippen molar-refractivity contribution in [3.63, 3.8) is 0 Å². The zero-order valence-corrected chi connectivity index (χ0v) is 46.0. The fourth-order valence-corrected chi connectivity index (χ4v) is 13.5. The van der Waals surface area contributed by atoms with Crippen LogP contribution in [0.1, 0.15) is 227 Å². The monoisotopic (exact) mass is 977 g/mol. The molecule has 0 radical (unpaired) electrons. The summed E-state index contributed by atoms with van der Waals surface area (Å²) in [4.78, 5) is 10.0. The second-order valence-corrected chi connectivity index (χ2v) is 25.7. The zero-order chi connectivity index (χ0) is 50.8. The molecule has 0 atom stereocenters. The standard InChI is InChI=1S/C72H84N2/c1-71(2,3)67-43-63(41-65(45-67)61-37-57(49-19-11-7-12-20-49)35-58(38-61)50-21-13-8-14-22-50)53-27-31-55(32-28-53)69-47-73-48-70(74-69)56-33-29-54(30-34-56)64-42-66(46-68(44-64)72(4,5)6)62-39-59(51-23-15-9-16-24-51)36-60(40-62)52-25-17-10-18-26-52/h27-52H,7-26H2,1-6H3. The molecule has 6 aromatic carbocycles. The highest BCUT2D eigenvalue weighted by Crippen LogP contribution is 2.44. The van der Waals surface area contributed by atoms with E-state index in [9.17, 15) is 0 Å². The Bertz CT molecular complexity index is 2750. The van der Waals surface area contributed by atoms with Crippen molar-refractivity contribution in [2.24, 2.45) is 0 Å². The van der Waals surface area contributed by atoms with E-state index in [1.54, 1.807) is 22.3 Å². The molecule has 0 unspecified atom stereocenters. The lowest BCUT2D eigenvalue weighted by molar-refractivity contribution is 0.435. The SMILES string of the molecule is CC(C)(C)c1cc(-c2ccc(-c3cncc(-c4ccc(-c5cc(-c6cc(C7CCCCC7)cc(C7CCCCC7)c6)cc(C(C)(C)C)c5)cc4)n3)cc2)cc(-c2cc(C3CCCCC3)cc(C3CCCCC3)c2)c1. The van der Waals surface area contributed by atoms with Gasteiger partial charge in [0, 0.05) is 11.1 Å². The Labute approximate surface area is 446 Å². The van der Waals surface area contributed by atoms with Gasteiger partial charge in [0.2, 0.25) is 0 Å². The number of rotatable bonds is 10. The van der Waals surface area contributed by atoms with Crippen molar-refractivity contribution in [3.8, 4) is 67.0 Å². The molecule has 1 aromatic heterocycles. The van der Waals surface area contributed by atoms with Gasteiger partial charge in [-0.2, -0.15) is 0 Å². The minimum atomic E-state index is 0.0182. The lowest BCUT2D eigenvalue weighted by Crippen LogP contribution is -2.11. The maximum atomic E-state index is 5.24. The maximum Gasteiger partial charge on any atom is 0.0892 e. The maximum absolute atomic E-state index is 5.24. The van der Waals surface area contributed by atoms with Gasteiger partial charge in [0.25, 0.3) is 0 Å². The van der Waals surface area contributed by atoms with Crippen LogP contribution >= 0.6 is 0 Å². The van der Waals surface area contributed by atoms with Crippen LogP contribution in [-0.4, -0.2) is 9.97 Å². The number of hydrogen-bond donors (Lipinski definition) is 0. The molecule has 0 bridgehead atoms. The fraction of sp³-hybridized carbons (Fsp3) is 0.444. The first-order valence-corrected chi connectivity index (χ1v) is 29.5. The first-order chi connectivity index (χ1) is 35.9. The average Bonchev–Trinajstić information content (AvgIpc) is 3.45. The van der Waals surface area contributed by atoms with E-state index in [-0.39, 0.29) is 10.8 Å². The van der Waals surface area contributed by atoms with Crippen molar-refractivity contribution in [3.05, 3.63) is 167 Å². The van der Waals surface area contributed by atoms with Crippen LogP contribution in [0.25, 0.3) is 67.0 Å². The third-order valence-electron chi connectivity index (χ3n) is 18.2. The summed E-state index contributed by atoms with van der Waals surface area (Å²) in [5.74, 6) is 2.75. The van der Waals surface area contributed by atoms with Crippen LogP contribution < -0.4 is 0 Å². The van der Waals surface area contributed by atoms with Gasteiger partial charge in [-0.15, -0.1) is 0 Å². The van der Waals surface area contributed by atoms with Crippen molar-refractivity contribution < 1.29 is 0 Å². The van der Waals surface area contributed by atoms with E-state index >= 15 is 0 Å². The molecule has 0 N–H and O–H groups in total. The molecule has 4 fully saturated rings. The molecule has 1 heterocycles. The summed E-state index contributed by atoms with van der Waals surface area (Å²) in [5.41, 5.74) is 23.6. The summed E-state index contributed by atoms with van der Waals surface area (Å²) < 4.78 is 0. The van der Waals surface area contributed by atoms with Crippen molar-refractivity contribution >= 4 is 0 Å². The lowest BCUT2D eigenvalue weighted by atomic mass is 9.78. The Balaban J connectivity index is 0.872. The quantitative estimate of drug-likeness (QED) is 0.136. The molecule has 0 amide bonds. The van der Waals surface area contributed by atoms with Crippen LogP contribution in [0, 0.1) is 0 Å². The highest BCUT2D eigenvalue weighted by Gasteiger charge is 2.25. The van der Waals surface area contributed by atoms with Crippen LogP contribution in [0.3, 0.4) is 0 Å². The molecule has 0 saturated heterocycles. The molecule has 382 valence electrons. The number of nitrogens with zero attached hydrogens (tertiary/aromatic N) is 2. The number of benzene rings is 6. The summed E-state index contributed by atoms with van der Waals surface area (Å²) in [6.07, 6.45) is 30.9. The van der Waals surface area contributed by atoms with E-state index in [1.165, 1.54) is 184 Å². The molecular formula is C72H84N2. The van der Waals surface area contributed by atoms with Crippen LogP contribution in [0.15, 0.2) is 134 Å². The molecule has 2 nitrogen and oxygen atoms in total. The number of hydrogen-bond acceptors (Lipinski definition) is 2. The predicted molar refractivity (Wildman–Crippen MR) is 315 cm³/mol. The molecular weight excluding hydrogens is 893 g/mol. The second kappa shape index (κ2) is 21.9. The van der Waals surface area contributed by atoms with E-state index < -0.39 is 0 Å². The molecule has 4 saturated carbocycles. The molecule has 0 aliphatic heterocycles. The number of aromatic nitrogens is 2. The van der Waals surface area contributed by atoms with Crippen molar-refractivity contribution in [2.75, 3.05) is 0 Å². The molecule has 4 aliphatic carbocycles. The Hall–Kier alpha value is -5.60. The van der Waals surface area contributed by atoms with Gasteiger partial charge in [-0.25, -0.2) is 4.98 Å². The summed E-state index contributed by atoms with van der Waals surface area (Å²) in [5, 5.41) is 0. The Kier molecular flexibility index (Phi) is 15.0. The second-order valence-electron chi connectivity index (χ2n) is 25.7. The van der Waals surface area contributed by atoms with Gasteiger partial charge < -0.3 is 0 Å². The zero-order valence-electron chi connectivity index (χ0n) is 46.0. The van der Waals surface area contributed by atoms with Gasteiger partial charge in [0.15, 0.2) is 0 Å². The molecule has 11 rings (SSSR count). The summed E-state index contributed by atoms with van der Waals surface area (Å²) in [7, 11) is 0. The van der Waals surface area contributed by atoms with Gasteiger partial charge in [-0.05, 0) is 176 Å². The van der Waals surface area contributed by atoms with Crippen LogP contribution in [0.4, 0.5) is 0 Å². The molecule has 4 aliphatic rings. The van der Waals surface area contributed by atoms with E-state index in [0.29, 0.717) is 23.7 Å². The van der Waals surface area contributed by atoms with Crippen LogP contribution in [0.2, 0.25) is 0 Å². The van der Waals surface area contributed by atoms with E-state index in [2.05, 4.69) is 163 Å². The highest BCUT2D eigenvalue weighted by molar-refractivity contribution is 5.79. The highest BCUT2D eigenvalue weighted by atomic mass is 14.8. The first kappa shape index (κ1) is 50.6. The van der Waals surface area contributed by atoms with Gasteiger partial charge in [0.05, 0.1) is 23.8 Å². The minimum Gasteiger partial charge on any atom is -0.260 e. The molecule has 74 heavy (non-hydrogen) atoms. The Morgan fingerprint density at radius 2 is 0.541 bits per heavy atom. The van der Waals surface area contributed by atoms with Gasteiger partial charge in [-0.3, -0.25) is 4.98 Å². The Morgan fingerprint density at radius 1 is 0.284 bits per heavy atom. The molecule has 0 spiro atoms. The topological polar surface area (TPSA) is 25.8 Å². The lowest BCUT2D eigenvalue weighted by Gasteiger charge is -2.27. The summed E-state index contributed by atoms with van der Waals surface area (Å²) >= 11 is 0. The van der Waals surface area contributed by atoms with Crippen LogP contribution in [0.5, 0.6) is 0 Å². The molecule has 7 aromatic rings. The van der Waals surface area contributed by atoms with Gasteiger partial charge >= 0.3 is 0 Å². The minimum absolute atomic E-state index is 0.0182. The summed E-state index contributed by atoms with van der Waals surface area (Å²) in [6.45, 7) is 14.1. The third kappa shape index (κ3) is 11.6. The largest absolute Gasteiger partial charge is 0.260 e. The summed E-state index contributed by atoms with van der Waals surface area (Å²) in [6, 6.07) is 48.4. The average molecular weight is 977 g/mol. The smallest absolute Gasteiger partial charge is 0.0892 e. The van der Waals surface area contributed by atoms with E-state index in [4.69, 9.17) is 9.97 Å². The fourth-order valence-electron chi connectivity index (χ4n) is 13.5. The van der Waals surface area contributed by atoms with E-state index in [0.717, 1.165) is 22.5 Å². The Morgan fingerprint density at radius 3 is 0.824 bits per heavy atom. The predicted octanol–water partition coefficient (Wildman–Crippen LogP) is 21.3. The van der Waals surface area contributed by atoms with Gasteiger partial charge in [-0.1, -0.05) is 228 Å². The van der Waals surface area contributed by atoms with Crippen molar-refractivity contribution in [1.29, 1.82) is 0 Å². The van der Waals surface area contributed by atoms with E-state index in [1.807, 2.05) is 12.4 Å².